The van der Waals surface area contributed by atoms with Gasteiger partial charge in [0.25, 0.3) is 0 Å². The van der Waals surface area contributed by atoms with Crippen LogP contribution in [0.1, 0.15) is 18.4 Å². The smallest absolute Gasteiger partial charge is 0.122 e. The monoisotopic (exact) mass is 200 g/mol. The minimum Gasteiger partial charge on any atom is -0.496 e. The lowest BCUT2D eigenvalue weighted by molar-refractivity contribution is 0.270. The quantitative estimate of drug-likeness (QED) is 0.812. The third-order valence-electron chi connectivity index (χ3n) is 2.00. The number of hydrogen-bond donors (Lipinski definition) is 1. The zero-order valence-corrected chi connectivity index (χ0v) is 8.51. The Morgan fingerprint density at radius 1 is 1.54 bits per heavy atom. The molecule has 1 atom stereocenters. The Morgan fingerprint density at radius 3 is 2.77 bits per heavy atom. The molecule has 0 saturated heterocycles. The molecule has 1 rings (SSSR count). The summed E-state index contributed by atoms with van der Waals surface area (Å²) >= 11 is 5.84. The molecule has 1 aromatic rings. The van der Waals surface area contributed by atoms with Crippen molar-refractivity contribution in [1.82, 2.24) is 0 Å². The Bertz CT molecular complexity index is 286. The number of aliphatic hydroxyl groups is 1. The maximum atomic E-state index is 9.00. The number of ether oxygens (including phenoxy) is 1. The predicted molar refractivity (Wildman–Crippen MR) is 53.5 cm³/mol. The van der Waals surface area contributed by atoms with Crippen LogP contribution in [0, 0.1) is 0 Å². The normalized spacial score (nSPS) is 12.6. The van der Waals surface area contributed by atoms with Crippen LogP contribution in [0.25, 0.3) is 0 Å². The molecule has 1 N–H and O–H groups in total. The fraction of sp³-hybridized carbons (Fsp3) is 0.400. The first kappa shape index (κ1) is 10.4. The van der Waals surface area contributed by atoms with Gasteiger partial charge >= 0.3 is 0 Å². The Morgan fingerprint density at radius 2 is 2.23 bits per heavy atom. The lowest BCUT2D eigenvalue weighted by atomic mass is 10.0. The molecule has 0 spiro atoms. The van der Waals surface area contributed by atoms with Crippen molar-refractivity contribution in [3.05, 3.63) is 28.8 Å². The summed E-state index contributed by atoms with van der Waals surface area (Å²) in [7, 11) is 1.61. The topological polar surface area (TPSA) is 29.5 Å². The summed E-state index contributed by atoms with van der Waals surface area (Å²) in [6, 6.07) is 5.40. The molecule has 2 nitrogen and oxygen atoms in total. The Hall–Kier alpha value is -0.730. The molecule has 0 aliphatic rings. The molecule has 0 unspecified atom stereocenters. The van der Waals surface area contributed by atoms with E-state index in [2.05, 4.69) is 0 Å². The molecule has 0 aliphatic carbocycles. The van der Waals surface area contributed by atoms with Crippen LogP contribution < -0.4 is 4.74 Å². The van der Waals surface area contributed by atoms with E-state index in [0.29, 0.717) is 5.02 Å². The van der Waals surface area contributed by atoms with Crippen LogP contribution in [0.5, 0.6) is 5.75 Å². The van der Waals surface area contributed by atoms with Crippen molar-refractivity contribution < 1.29 is 9.84 Å². The van der Waals surface area contributed by atoms with Gasteiger partial charge < -0.3 is 9.84 Å². The highest BCUT2D eigenvalue weighted by atomic mass is 35.5. The van der Waals surface area contributed by atoms with Crippen LogP contribution in [0.2, 0.25) is 5.02 Å². The largest absolute Gasteiger partial charge is 0.496 e. The number of hydrogen-bond acceptors (Lipinski definition) is 2. The van der Waals surface area contributed by atoms with Gasteiger partial charge in [-0.2, -0.15) is 0 Å². The second-order valence-electron chi connectivity index (χ2n) is 2.97. The van der Waals surface area contributed by atoms with Crippen molar-refractivity contribution in [1.29, 1.82) is 0 Å². The van der Waals surface area contributed by atoms with Gasteiger partial charge in [0.1, 0.15) is 5.75 Å². The molecule has 3 heteroatoms. The second kappa shape index (κ2) is 4.49. The second-order valence-corrected chi connectivity index (χ2v) is 3.41. The van der Waals surface area contributed by atoms with Gasteiger partial charge in [-0.25, -0.2) is 0 Å². The highest BCUT2D eigenvalue weighted by Gasteiger charge is 2.10. The van der Waals surface area contributed by atoms with E-state index in [1.807, 2.05) is 19.1 Å². The first-order chi connectivity index (χ1) is 6.19. The van der Waals surface area contributed by atoms with Crippen molar-refractivity contribution in [3.8, 4) is 5.75 Å². The number of methoxy groups -OCH3 is 1. The molecule has 0 heterocycles. The molecule has 0 bridgehead atoms. The lowest BCUT2D eigenvalue weighted by Crippen LogP contribution is -2.01. The number of halogens is 1. The highest BCUT2D eigenvalue weighted by Crippen LogP contribution is 2.28. The third kappa shape index (κ3) is 2.36. The Balaban J connectivity index is 3.07. The van der Waals surface area contributed by atoms with Crippen molar-refractivity contribution in [3.63, 3.8) is 0 Å². The van der Waals surface area contributed by atoms with E-state index in [1.165, 1.54) is 0 Å². The van der Waals surface area contributed by atoms with Gasteiger partial charge in [-0.1, -0.05) is 18.5 Å². The van der Waals surface area contributed by atoms with Crippen LogP contribution in [0.3, 0.4) is 0 Å². The fourth-order valence-electron chi connectivity index (χ4n) is 1.19. The van der Waals surface area contributed by atoms with E-state index in [4.69, 9.17) is 21.4 Å². The summed E-state index contributed by atoms with van der Waals surface area (Å²) in [5, 5.41) is 9.66. The van der Waals surface area contributed by atoms with Crippen LogP contribution in [-0.4, -0.2) is 18.8 Å². The summed E-state index contributed by atoms with van der Waals surface area (Å²) < 4.78 is 5.15. The van der Waals surface area contributed by atoms with Crippen LogP contribution >= 0.6 is 11.6 Å². The first-order valence-electron chi connectivity index (χ1n) is 4.13. The third-order valence-corrected chi connectivity index (χ3v) is 2.23. The summed E-state index contributed by atoms with van der Waals surface area (Å²) in [5.74, 6) is 0.819. The molecular formula is C10H13ClO2. The summed E-state index contributed by atoms with van der Waals surface area (Å²) in [6.07, 6.45) is 0. The minimum absolute atomic E-state index is 0.0497. The molecule has 0 radical (unpaired) electrons. The van der Waals surface area contributed by atoms with E-state index in [-0.39, 0.29) is 12.5 Å². The fourth-order valence-corrected chi connectivity index (χ4v) is 1.37. The zero-order valence-electron chi connectivity index (χ0n) is 7.75. The Kier molecular flexibility index (Phi) is 3.58. The van der Waals surface area contributed by atoms with Gasteiger partial charge in [-0.15, -0.1) is 0 Å². The van der Waals surface area contributed by atoms with Gasteiger partial charge in [0.2, 0.25) is 0 Å². The van der Waals surface area contributed by atoms with E-state index in [1.54, 1.807) is 13.2 Å². The van der Waals surface area contributed by atoms with Gasteiger partial charge in [0.05, 0.1) is 7.11 Å². The van der Waals surface area contributed by atoms with Crippen LogP contribution in [-0.2, 0) is 0 Å². The molecule has 0 fully saturated rings. The molecule has 1 aromatic carbocycles. The highest BCUT2D eigenvalue weighted by molar-refractivity contribution is 6.30. The summed E-state index contributed by atoms with van der Waals surface area (Å²) in [5.41, 5.74) is 0.942. The van der Waals surface area contributed by atoms with Gasteiger partial charge in [0.15, 0.2) is 0 Å². The average Bonchev–Trinajstić information content (AvgIpc) is 2.16. The Labute approximate surface area is 83.1 Å². The number of rotatable bonds is 3. The standard InChI is InChI=1S/C10H13ClO2/c1-7(6-12)9-5-8(11)3-4-10(9)13-2/h3-5,7,12H,6H2,1-2H3/t7-/m0/s1. The molecular weight excluding hydrogens is 188 g/mol. The number of benzene rings is 1. The van der Waals surface area contributed by atoms with Crippen molar-refractivity contribution in [2.24, 2.45) is 0 Å². The predicted octanol–water partition coefficient (Wildman–Crippen LogP) is 2.44. The zero-order chi connectivity index (χ0) is 9.84. The number of aliphatic hydroxyl groups excluding tert-OH is 1. The molecule has 13 heavy (non-hydrogen) atoms. The maximum Gasteiger partial charge on any atom is 0.122 e. The summed E-state index contributed by atoms with van der Waals surface area (Å²) in [6.45, 7) is 2.02. The van der Waals surface area contributed by atoms with E-state index < -0.39 is 0 Å². The van der Waals surface area contributed by atoms with Crippen molar-refractivity contribution in [2.75, 3.05) is 13.7 Å². The summed E-state index contributed by atoms with van der Waals surface area (Å²) in [4.78, 5) is 0. The van der Waals surface area contributed by atoms with E-state index >= 15 is 0 Å². The molecule has 72 valence electrons. The van der Waals surface area contributed by atoms with Gasteiger partial charge in [-0.05, 0) is 18.2 Å². The van der Waals surface area contributed by atoms with Crippen LogP contribution in [0.4, 0.5) is 0 Å². The average molecular weight is 201 g/mol. The SMILES string of the molecule is COc1ccc(Cl)cc1[C@@H](C)CO. The molecule has 0 aromatic heterocycles. The molecule has 0 saturated carbocycles. The lowest BCUT2D eigenvalue weighted by Gasteiger charge is -2.13. The minimum atomic E-state index is 0.0497. The van der Waals surface area contributed by atoms with E-state index in [0.717, 1.165) is 11.3 Å². The van der Waals surface area contributed by atoms with Gasteiger partial charge in [0, 0.05) is 23.1 Å². The first-order valence-corrected chi connectivity index (χ1v) is 4.51. The van der Waals surface area contributed by atoms with E-state index in [9.17, 15) is 0 Å². The van der Waals surface area contributed by atoms with Crippen molar-refractivity contribution in [2.45, 2.75) is 12.8 Å². The van der Waals surface area contributed by atoms with Crippen LogP contribution in [0.15, 0.2) is 18.2 Å². The van der Waals surface area contributed by atoms with Gasteiger partial charge in [-0.3, -0.25) is 0 Å². The maximum absolute atomic E-state index is 9.00. The molecule has 0 amide bonds. The molecule has 0 aliphatic heterocycles. The van der Waals surface area contributed by atoms with Crippen molar-refractivity contribution >= 4 is 11.6 Å².